The molecule has 0 radical (unpaired) electrons. The van der Waals surface area contributed by atoms with Crippen molar-refractivity contribution >= 4 is 17.3 Å². The number of nitrogens with two attached hydrogens (primary N) is 1. The van der Waals surface area contributed by atoms with E-state index >= 15 is 0 Å². The SMILES string of the molecule is Nc1cc(C(=O)NCCC2CCOC2)c([N+](=O)[O-])cc1F. The number of hydrogen-bond acceptors (Lipinski definition) is 5. The maximum Gasteiger partial charge on any atom is 0.285 e. The lowest BCUT2D eigenvalue weighted by Crippen LogP contribution is -2.27. The number of nitrogens with zero attached hydrogens (tertiary/aromatic N) is 1. The second-order valence-corrected chi connectivity index (χ2v) is 4.92. The number of hydrogen-bond donors (Lipinski definition) is 2. The molecule has 2 rings (SSSR count). The van der Waals surface area contributed by atoms with Gasteiger partial charge in [-0.2, -0.15) is 0 Å². The monoisotopic (exact) mass is 297 g/mol. The highest BCUT2D eigenvalue weighted by molar-refractivity contribution is 5.99. The van der Waals surface area contributed by atoms with E-state index in [0.717, 1.165) is 25.5 Å². The third kappa shape index (κ3) is 3.66. The predicted octanol–water partition coefficient (Wildman–Crippen LogP) is 1.47. The van der Waals surface area contributed by atoms with Crippen LogP contribution in [0.1, 0.15) is 23.2 Å². The van der Waals surface area contributed by atoms with E-state index < -0.39 is 22.3 Å². The molecule has 0 aromatic heterocycles. The largest absolute Gasteiger partial charge is 0.396 e. The normalized spacial score (nSPS) is 17.7. The van der Waals surface area contributed by atoms with Gasteiger partial charge in [-0.3, -0.25) is 14.9 Å². The van der Waals surface area contributed by atoms with Crippen molar-refractivity contribution < 1.29 is 18.8 Å². The van der Waals surface area contributed by atoms with Gasteiger partial charge in [0.25, 0.3) is 11.6 Å². The first-order chi connectivity index (χ1) is 9.99. The Bertz CT molecular complexity index is 559. The average molecular weight is 297 g/mol. The van der Waals surface area contributed by atoms with Gasteiger partial charge in [0.05, 0.1) is 16.7 Å². The second kappa shape index (κ2) is 6.49. The molecule has 0 aliphatic carbocycles. The highest BCUT2D eigenvalue weighted by atomic mass is 19.1. The summed E-state index contributed by atoms with van der Waals surface area (Å²) in [6, 6.07) is 1.65. The van der Waals surface area contributed by atoms with Crippen molar-refractivity contribution in [2.75, 3.05) is 25.5 Å². The van der Waals surface area contributed by atoms with E-state index in [0.29, 0.717) is 25.1 Å². The summed E-state index contributed by atoms with van der Waals surface area (Å²) < 4.78 is 18.5. The van der Waals surface area contributed by atoms with Gasteiger partial charge in [-0.15, -0.1) is 0 Å². The molecule has 8 heteroatoms. The fourth-order valence-electron chi connectivity index (χ4n) is 2.21. The van der Waals surface area contributed by atoms with Crippen LogP contribution in [0.25, 0.3) is 0 Å². The molecular formula is C13H16FN3O4. The Labute approximate surface area is 120 Å². The summed E-state index contributed by atoms with van der Waals surface area (Å²) in [6.07, 6.45) is 1.68. The predicted molar refractivity (Wildman–Crippen MR) is 73.3 cm³/mol. The zero-order valence-corrected chi connectivity index (χ0v) is 11.3. The molecule has 3 N–H and O–H groups in total. The van der Waals surface area contributed by atoms with Crippen molar-refractivity contribution in [3.05, 3.63) is 33.6 Å². The first kappa shape index (κ1) is 15.2. The van der Waals surface area contributed by atoms with Crippen LogP contribution in [0.2, 0.25) is 0 Å². The van der Waals surface area contributed by atoms with Gasteiger partial charge < -0.3 is 15.8 Å². The van der Waals surface area contributed by atoms with Crippen LogP contribution in [0.5, 0.6) is 0 Å². The van der Waals surface area contributed by atoms with E-state index in [1.807, 2.05) is 0 Å². The van der Waals surface area contributed by atoms with E-state index in [-0.39, 0.29) is 11.3 Å². The summed E-state index contributed by atoms with van der Waals surface area (Å²) >= 11 is 0. The zero-order valence-electron chi connectivity index (χ0n) is 11.3. The van der Waals surface area contributed by atoms with E-state index in [1.165, 1.54) is 0 Å². The Hall–Kier alpha value is -2.22. The van der Waals surface area contributed by atoms with Gasteiger partial charge in [0.15, 0.2) is 5.82 Å². The molecule has 1 amide bonds. The summed E-state index contributed by atoms with van der Waals surface area (Å²) in [6.45, 7) is 1.76. The molecule has 114 valence electrons. The van der Waals surface area contributed by atoms with Gasteiger partial charge >= 0.3 is 0 Å². The third-order valence-electron chi connectivity index (χ3n) is 3.42. The fraction of sp³-hybridized carbons (Fsp3) is 0.462. The molecule has 1 saturated heterocycles. The van der Waals surface area contributed by atoms with Gasteiger partial charge in [0.1, 0.15) is 5.56 Å². The molecular weight excluding hydrogens is 281 g/mol. The third-order valence-corrected chi connectivity index (χ3v) is 3.42. The highest BCUT2D eigenvalue weighted by Gasteiger charge is 2.23. The Morgan fingerprint density at radius 3 is 2.95 bits per heavy atom. The summed E-state index contributed by atoms with van der Waals surface area (Å²) in [5.41, 5.74) is 4.24. The molecule has 1 aliphatic heterocycles. The summed E-state index contributed by atoms with van der Waals surface area (Å²) in [4.78, 5) is 22.1. The van der Waals surface area contributed by atoms with Crippen LogP contribution in [0.15, 0.2) is 12.1 Å². The molecule has 1 unspecified atom stereocenters. The summed E-state index contributed by atoms with van der Waals surface area (Å²) in [5, 5.41) is 13.5. The maximum absolute atomic E-state index is 13.3. The summed E-state index contributed by atoms with van der Waals surface area (Å²) in [7, 11) is 0. The quantitative estimate of drug-likeness (QED) is 0.486. The molecule has 1 aromatic carbocycles. The van der Waals surface area contributed by atoms with E-state index in [4.69, 9.17) is 10.5 Å². The molecule has 7 nitrogen and oxygen atoms in total. The number of nitro benzene ring substituents is 1. The first-order valence-corrected chi connectivity index (χ1v) is 6.58. The number of nitrogens with one attached hydrogen (secondary N) is 1. The Morgan fingerprint density at radius 2 is 2.33 bits per heavy atom. The van der Waals surface area contributed by atoms with Crippen LogP contribution in [-0.4, -0.2) is 30.6 Å². The molecule has 0 spiro atoms. The molecule has 1 heterocycles. The number of halogens is 1. The molecule has 0 saturated carbocycles. The topological polar surface area (TPSA) is 107 Å². The first-order valence-electron chi connectivity index (χ1n) is 6.58. The number of carbonyl (C=O) groups is 1. The fourth-order valence-corrected chi connectivity index (χ4v) is 2.21. The maximum atomic E-state index is 13.3. The van der Waals surface area contributed by atoms with Gasteiger partial charge in [0, 0.05) is 19.8 Å². The summed E-state index contributed by atoms with van der Waals surface area (Å²) in [5.74, 6) is -1.16. The van der Waals surface area contributed by atoms with Crippen LogP contribution >= 0.6 is 0 Å². The van der Waals surface area contributed by atoms with Gasteiger partial charge in [0.2, 0.25) is 0 Å². The van der Waals surface area contributed by atoms with E-state index in [9.17, 15) is 19.3 Å². The van der Waals surface area contributed by atoms with Crippen molar-refractivity contribution in [1.29, 1.82) is 0 Å². The number of ether oxygens (including phenoxy) is 1. The zero-order chi connectivity index (χ0) is 15.4. The average Bonchev–Trinajstić information content (AvgIpc) is 2.94. The van der Waals surface area contributed by atoms with Crippen LogP contribution in [0.4, 0.5) is 15.8 Å². The number of nitro groups is 1. The standard InChI is InChI=1S/C13H16FN3O4/c14-10-6-12(17(19)20)9(5-11(10)15)13(18)16-3-1-8-2-4-21-7-8/h5-6,8H,1-4,7,15H2,(H,16,18). The van der Waals surface area contributed by atoms with Crippen LogP contribution in [0.3, 0.4) is 0 Å². The minimum absolute atomic E-state index is 0.235. The van der Waals surface area contributed by atoms with E-state index in [2.05, 4.69) is 5.32 Å². The molecule has 21 heavy (non-hydrogen) atoms. The van der Waals surface area contributed by atoms with Crippen LogP contribution in [-0.2, 0) is 4.74 Å². The molecule has 1 atom stereocenters. The smallest absolute Gasteiger partial charge is 0.285 e. The Kier molecular flexibility index (Phi) is 4.69. The lowest BCUT2D eigenvalue weighted by Gasteiger charge is -2.09. The molecule has 0 bridgehead atoms. The highest BCUT2D eigenvalue weighted by Crippen LogP contribution is 2.24. The van der Waals surface area contributed by atoms with E-state index in [1.54, 1.807) is 0 Å². The van der Waals surface area contributed by atoms with Crippen LogP contribution in [0, 0.1) is 21.8 Å². The van der Waals surface area contributed by atoms with Crippen molar-refractivity contribution in [3.63, 3.8) is 0 Å². The Balaban J connectivity index is 2.03. The molecule has 1 aromatic rings. The van der Waals surface area contributed by atoms with Crippen molar-refractivity contribution in [3.8, 4) is 0 Å². The lowest BCUT2D eigenvalue weighted by atomic mass is 10.1. The lowest BCUT2D eigenvalue weighted by molar-refractivity contribution is -0.385. The number of anilines is 1. The minimum atomic E-state index is -0.915. The molecule has 1 fully saturated rings. The van der Waals surface area contributed by atoms with Gasteiger partial charge in [-0.05, 0) is 24.8 Å². The number of carbonyl (C=O) groups excluding carboxylic acids is 1. The Morgan fingerprint density at radius 1 is 1.57 bits per heavy atom. The minimum Gasteiger partial charge on any atom is -0.396 e. The van der Waals surface area contributed by atoms with Gasteiger partial charge in [-0.1, -0.05) is 0 Å². The van der Waals surface area contributed by atoms with Crippen molar-refractivity contribution in [2.45, 2.75) is 12.8 Å². The van der Waals surface area contributed by atoms with Gasteiger partial charge in [-0.25, -0.2) is 4.39 Å². The number of amides is 1. The number of rotatable bonds is 5. The van der Waals surface area contributed by atoms with Crippen molar-refractivity contribution in [1.82, 2.24) is 5.32 Å². The van der Waals surface area contributed by atoms with Crippen molar-refractivity contribution in [2.24, 2.45) is 5.92 Å². The number of nitrogen functional groups attached to an aromatic ring is 1. The second-order valence-electron chi connectivity index (χ2n) is 4.92. The van der Waals surface area contributed by atoms with Crippen LogP contribution < -0.4 is 11.1 Å². The number of benzene rings is 1. The molecule has 1 aliphatic rings.